The van der Waals surface area contributed by atoms with Gasteiger partial charge in [-0.15, -0.1) is 0 Å². The van der Waals surface area contributed by atoms with Crippen molar-refractivity contribution in [3.8, 4) is 0 Å². The maximum Gasteiger partial charge on any atom is 0.235 e. The van der Waals surface area contributed by atoms with E-state index in [1.54, 1.807) is 31.2 Å². The van der Waals surface area contributed by atoms with Crippen LogP contribution in [0.15, 0.2) is 40.9 Å². The Bertz CT molecular complexity index is 1050. The maximum absolute atomic E-state index is 13.2. The van der Waals surface area contributed by atoms with E-state index in [0.717, 1.165) is 5.56 Å². The highest BCUT2D eigenvalue weighted by Gasteiger charge is 2.67. The van der Waals surface area contributed by atoms with E-state index in [1.807, 2.05) is 12.2 Å². The van der Waals surface area contributed by atoms with Crippen LogP contribution < -0.4 is 10.2 Å². The molecule has 4 atom stereocenters. The molecule has 1 spiro atoms. The second-order valence-corrected chi connectivity index (χ2v) is 8.42. The number of aromatic nitrogens is 1. The molecule has 9 heteroatoms. The SMILES string of the molecule is Cc1cc(N2C[C@]34C=C[C@@H](O3)[C@@H](C(=O)NCc3ccc(Cl)cc3Cl)[C@@H]4C2=O)no1. The van der Waals surface area contributed by atoms with Gasteiger partial charge in [-0.1, -0.05) is 46.6 Å². The van der Waals surface area contributed by atoms with Gasteiger partial charge >= 0.3 is 0 Å². The van der Waals surface area contributed by atoms with Gasteiger partial charge in [-0.25, -0.2) is 0 Å². The van der Waals surface area contributed by atoms with E-state index < -0.39 is 23.5 Å². The number of ether oxygens (including phenoxy) is 1. The van der Waals surface area contributed by atoms with Crippen LogP contribution in [0.2, 0.25) is 10.0 Å². The molecule has 0 unspecified atom stereocenters. The molecule has 2 amide bonds. The quantitative estimate of drug-likeness (QED) is 0.749. The Labute approximate surface area is 176 Å². The molecule has 0 saturated carbocycles. The molecular formula is C20H17Cl2N3O4. The van der Waals surface area contributed by atoms with Crippen LogP contribution >= 0.6 is 23.2 Å². The highest BCUT2D eigenvalue weighted by molar-refractivity contribution is 6.35. The second-order valence-electron chi connectivity index (χ2n) is 7.57. The molecular weight excluding hydrogens is 417 g/mol. The summed E-state index contributed by atoms with van der Waals surface area (Å²) in [5.74, 6) is -0.605. The van der Waals surface area contributed by atoms with Gasteiger partial charge in [0, 0.05) is 22.7 Å². The molecule has 1 N–H and O–H groups in total. The molecule has 0 aliphatic carbocycles. The number of rotatable bonds is 4. The average molecular weight is 434 g/mol. The van der Waals surface area contributed by atoms with Crippen molar-refractivity contribution in [1.29, 1.82) is 0 Å². The first kappa shape index (κ1) is 18.7. The highest BCUT2D eigenvalue weighted by Crippen LogP contribution is 2.52. The summed E-state index contributed by atoms with van der Waals surface area (Å²) in [7, 11) is 0. The summed E-state index contributed by atoms with van der Waals surface area (Å²) < 4.78 is 11.2. The summed E-state index contributed by atoms with van der Waals surface area (Å²) >= 11 is 12.1. The molecule has 2 bridgehead atoms. The number of halogens is 2. The lowest BCUT2D eigenvalue weighted by Gasteiger charge is -2.23. The Balaban J connectivity index is 1.36. The molecule has 4 heterocycles. The normalized spacial score (nSPS) is 29.6. The Morgan fingerprint density at radius 3 is 2.93 bits per heavy atom. The number of aryl methyl sites for hydroxylation is 1. The molecule has 150 valence electrons. The summed E-state index contributed by atoms with van der Waals surface area (Å²) in [6, 6.07) is 6.80. The standard InChI is InChI=1S/C20H17Cl2N3O4/c1-10-6-15(24-29-10)25-9-20-5-4-14(28-20)16(17(20)19(25)27)18(26)23-8-11-2-3-12(21)7-13(11)22/h2-7,14,16-17H,8-9H2,1H3,(H,23,26)/t14-,16-,17-,20+/m1/s1. The van der Waals surface area contributed by atoms with Crippen molar-refractivity contribution in [3.05, 3.63) is 57.8 Å². The van der Waals surface area contributed by atoms with E-state index in [1.165, 1.54) is 4.90 Å². The van der Waals surface area contributed by atoms with Crippen LogP contribution in [0, 0.1) is 18.8 Å². The molecule has 1 aromatic carbocycles. The van der Waals surface area contributed by atoms with Gasteiger partial charge in [0.25, 0.3) is 0 Å². The number of benzene rings is 1. The molecule has 2 saturated heterocycles. The first-order chi connectivity index (χ1) is 13.9. The van der Waals surface area contributed by atoms with Crippen molar-refractivity contribution in [2.75, 3.05) is 11.4 Å². The summed E-state index contributed by atoms with van der Waals surface area (Å²) in [5.41, 5.74) is -0.0645. The number of carbonyl (C=O) groups excluding carboxylic acids is 2. The van der Waals surface area contributed by atoms with Gasteiger partial charge in [-0.05, 0) is 24.6 Å². The fourth-order valence-electron chi connectivity index (χ4n) is 4.44. The average Bonchev–Trinajstić information content (AvgIpc) is 3.42. The lowest BCUT2D eigenvalue weighted by Crippen LogP contribution is -2.44. The van der Waals surface area contributed by atoms with Gasteiger partial charge < -0.3 is 14.6 Å². The van der Waals surface area contributed by atoms with Crippen LogP contribution in [-0.2, 0) is 20.9 Å². The lowest BCUT2D eigenvalue weighted by molar-refractivity contribution is -0.132. The molecule has 7 nitrogen and oxygen atoms in total. The van der Waals surface area contributed by atoms with E-state index >= 15 is 0 Å². The predicted molar refractivity (Wildman–Crippen MR) is 106 cm³/mol. The molecule has 29 heavy (non-hydrogen) atoms. The summed E-state index contributed by atoms with van der Waals surface area (Å²) in [4.78, 5) is 27.7. The van der Waals surface area contributed by atoms with Gasteiger partial charge in [0.15, 0.2) is 5.82 Å². The molecule has 0 radical (unpaired) electrons. The number of fused-ring (bicyclic) bond motifs is 1. The Morgan fingerprint density at radius 1 is 1.38 bits per heavy atom. The minimum Gasteiger partial charge on any atom is -0.360 e. The number of hydrogen-bond donors (Lipinski definition) is 1. The monoisotopic (exact) mass is 433 g/mol. The van der Waals surface area contributed by atoms with Crippen molar-refractivity contribution in [2.45, 2.75) is 25.2 Å². The smallest absolute Gasteiger partial charge is 0.235 e. The molecule has 3 aliphatic rings. The van der Waals surface area contributed by atoms with Crippen molar-refractivity contribution in [2.24, 2.45) is 11.8 Å². The zero-order valence-corrected chi connectivity index (χ0v) is 16.9. The number of amides is 2. The fourth-order valence-corrected chi connectivity index (χ4v) is 4.91. The van der Waals surface area contributed by atoms with Crippen molar-refractivity contribution < 1.29 is 18.8 Å². The fraction of sp³-hybridized carbons (Fsp3) is 0.350. The number of nitrogens with one attached hydrogen (secondary N) is 1. The zero-order chi connectivity index (χ0) is 20.3. The highest BCUT2D eigenvalue weighted by atomic mass is 35.5. The van der Waals surface area contributed by atoms with Gasteiger partial charge in [-0.3, -0.25) is 14.5 Å². The van der Waals surface area contributed by atoms with Crippen LogP contribution in [0.25, 0.3) is 0 Å². The van der Waals surface area contributed by atoms with E-state index in [4.69, 9.17) is 32.5 Å². The van der Waals surface area contributed by atoms with Crippen molar-refractivity contribution in [1.82, 2.24) is 10.5 Å². The van der Waals surface area contributed by atoms with Gasteiger partial charge in [0.05, 0.1) is 24.5 Å². The van der Waals surface area contributed by atoms with Gasteiger partial charge in [0.1, 0.15) is 11.4 Å². The van der Waals surface area contributed by atoms with Crippen molar-refractivity contribution >= 4 is 40.8 Å². The number of carbonyl (C=O) groups is 2. The summed E-state index contributed by atoms with van der Waals surface area (Å²) in [6.45, 7) is 2.31. The van der Waals surface area contributed by atoms with E-state index in [-0.39, 0.29) is 18.4 Å². The van der Waals surface area contributed by atoms with Gasteiger partial charge in [-0.2, -0.15) is 0 Å². The number of nitrogens with zero attached hydrogens (tertiary/aromatic N) is 2. The largest absolute Gasteiger partial charge is 0.360 e. The Hall–Kier alpha value is -2.35. The molecule has 5 rings (SSSR count). The molecule has 2 fully saturated rings. The minimum absolute atomic E-state index is 0.185. The topological polar surface area (TPSA) is 84.7 Å². The molecule has 3 aliphatic heterocycles. The number of hydrogen-bond acceptors (Lipinski definition) is 5. The summed E-state index contributed by atoms with van der Waals surface area (Å²) in [6.07, 6.45) is 3.33. The first-order valence-corrected chi connectivity index (χ1v) is 9.97. The molecule has 2 aromatic rings. The second kappa shape index (κ2) is 6.58. The Morgan fingerprint density at radius 2 is 2.21 bits per heavy atom. The van der Waals surface area contributed by atoms with E-state index in [2.05, 4.69) is 10.5 Å². The number of anilines is 1. The maximum atomic E-state index is 13.2. The minimum atomic E-state index is -0.811. The third-order valence-corrected chi connectivity index (χ3v) is 6.35. The van der Waals surface area contributed by atoms with Gasteiger partial charge in [0.2, 0.25) is 11.8 Å². The lowest BCUT2D eigenvalue weighted by atomic mass is 9.77. The van der Waals surface area contributed by atoms with Crippen molar-refractivity contribution in [3.63, 3.8) is 0 Å². The van der Waals surface area contributed by atoms with E-state index in [0.29, 0.717) is 28.2 Å². The van der Waals surface area contributed by atoms with Crippen LogP contribution in [0.3, 0.4) is 0 Å². The summed E-state index contributed by atoms with van der Waals surface area (Å²) in [5, 5.41) is 7.83. The van der Waals surface area contributed by atoms with Crippen LogP contribution in [0.4, 0.5) is 5.82 Å². The first-order valence-electron chi connectivity index (χ1n) is 9.21. The Kier molecular flexibility index (Phi) is 4.24. The zero-order valence-electron chi connectivity index (χ0n) is 15.4. The molecule has 1 aromatic heterocycles. The third-order valence-electron chi connectivity index (χ3n) is 5.76. The third kappa shape index (κ3) is 2.87. The van der Waals surface area contributed by atoms with Crippen LogP contribution in [0.1, 0.15) is 11.3 Å². The van der Waals surface area contributed by atoms with E-state index in [9.17, 15) is 9.59 Å². The predicted octanol–water partition coefficient (Wildman–Crippen LogP) is 2.89. The van der Waals surface area contributed by atoms with Crippen LogP contribution in [-0.4, -0.2) is 35.2 Å². The van der Waals surface area contributed by atoms with Crippen LogP contribution in [0.5, 0.6) is 0 Å².